The third-order valence-electron chi connectivity index (χ3n) is 4.70. The van der Waals surface area contributed by atoms with Gasteiger partial charge in [-0.25, -0.2) is 4.98 Å². The number of para-hydroxylation sites is 2. The molecule has 2 aliphatic rings. The van der Waals surface area contributed by atoms with Gasteiger partial charge < -0.3 is 9.64 Å². The van der Waals surface area contributed by atoms with Gasteiger partial charge in [0.25, 0.3) is 5.91 Å². The van der Waals surface area contributed by atoms with E-state index in [0.717, 1.165) is 17.6 Å². The van der Waals surface area contributed by atoms with Gasteiger partial charge in [-0.15, -0.1) is 0 Å². The van der Waals surface area contributed by atoms with Crippen LogP contribution in [0.2, 0.25) is 0 Å². The highest BCUT2D eigenvalue weighted by molar-refractivity contribution is 5.93. The fraction of sp³-hybridized carbons (Fsp3) is 0.471. The van der Waals surface area contributed by atoms with E-state index in [2.05, 4.69) is 21.9 Å². The second-order valence-corrected chi connectivity index (χ2v) is 6.45. The molecule has 1 amide bonds. The number of amides is 1. The van der Waals surface area contributed by atoms with Crippen LogP contribution in [0, 0.1) is 5.92 Å². The van der Waals surface area contributed by atoms with Crippen LogP contribution in [-0.4, -0.2) is 71.6 Å². The normalized spacial score (nSPS) is 25.3. The summed E-state index contributed by atoms with van der Waals surface area (Å²) >= 11 is 0. The fourth-order valence-corrected chi connectivity index (χ4v) is 3.44. The number of benzene rings is 1. The molecular formula is C17H20N4O2. The van der Waals surface area contributed by atoms with Gasteiger partial charge in [-0.05, 0) is 19.2 Å². The topological polar surface area (TPSA) is 58.6 Å². The lowest BCUT2D eigenvalue weighted by Crippen LogP contribution is -2.45. The molecule has 6 nitrogen and oxygen atoms in total. The Kier molecular flexibility index (Phi) is 3.71. The number of ether oxygens (including phenoxy) is 1. The van der Waals surface area contributed by atoms with Crippen molar-refractivity contribution in [3.05, 3.63) is 36.2 Å². The number of hydrogen-bond donors (Lipinski definition) is 0. The molecule has 6 heteroatoms. The van der Waals surface area contributed by atoms with Crippen LogP contribution >= 0.6 is 0 Å². The first-order valence-corrected chi connectivity index (χ1v) is 8.00. The van der Waals surface area contributed by atoms with E-state index in [1.54, 1.807) is 6.20 Å². The molecule has 2 fully saturated rings. The third kappa shape index (κ3) is 2.80. The predicted molar refractivity (Wildman–Crippen MR) is 86.2 cm³/mol. The second-order valence-electron chi connectivity index (χ2n) is 6.45. The van der Waals surface area contributed by atoms with Gasteiger partial charge in [0.05, 0.1) is 36.5 Å². The molecule has 1 aromatic heterocycles. The van der Waals surface area contributed by atoms with Crippen molar-refractivity contribution in [1.82, 2.24) is 19.8 Å². The summed E-state index contributed by atoms with van der Waals surface area (Å²) in [5.41, 5.74) is 1.99. The maximum Gasteiger partial charge on any atom is 0.274 e. The first-order chi connectivity index (χ1) is 11.2. The molecule has 0 unspecified atom stereocenters. The van der Waals surface area contributed by atoms with E-state index in [1.165, 1.54) is 0 Å². The third-order valence-corrected chi connectivity index (χ3v) is 4.70. The number of nitrogens with zero attached hydrogens (tertiary/aromatic N) is 4. The average molecular weight is 312 g/mol. The summed E-state index contributed by atoms with van der Waals surface area (Å²) in [6.45, 7) is 3.76. The Morgan fingerprint density at radius 1 is 1.17 bits per heavy atom. The van der Waals surface area contributed by atoms with Gasteiger partial charge >= 0.3 is 0 Å². The Balaban J connectivity index is 1.62. The van der Waals surface area contributed by atoms with E-state index in [4.69, 9.17) is 4.74 Å². The second kappa shape index (κ2) is 5.86. The van der Waals surface area contributed by atoms with Crippen LogP contribution in [0.15, 0.2) is 30.5 Å². The number of fused-ring (bicyclic) bond motifs is 4. The fourth-order valence-electron chi connectivity index (χ4n) is 3.44. The molecule has 23 heavy (non-hydrogen) atoms. The van der Waals surface area contributed by atoms with Crippen molar-refractivity contribution in [3.8, 4) is 0 Å². The van der Waals surface area contributed by atoms with Crippen LogP contribution in [0.3, 0.4) is 0 Å². The van der Waals surface area contributed by atoms with Crippen molar-refractivity contribution in [1.29, 1.82) is 0 Å². The zero-order valence-corrected chi connectivity index (χ0v) is 13.2. The number of aromatic nitrogens is 2. The lowest BCUT2D eigenvalue weighted by Gasteiger charge is -2.29. The smallest absolute Gasteiger partial charge is 0.274 e. The molecule has 0 radical (unpaired) electrons. The Morgan fingerprint density at radius 3 is 2.87 bits per heavy atom. The number of likely N-dealkylation sites (N-methyl/N-ethyl adjacent to an activating group) is 1. The van der Waals surface area contributed by atoms with Gasteiger partial charge in [0.1, 0.15) is 5.69 Å². The highest BCUT2D eigenvalue weighted by Gasteiger charge is 2.34. The van der Waals surface area contributed by atoms with Crippen LogP contribution < -0.4 is 0 Å². The molecule has 4 rings (SSSR count). The van der Waals surface area contributed by atoms with Crippen molar-refractivity contribution >= 4 is 16.9 Å². The highest BCUT2D eigenvalue weighted by Crippen LogP contribution is 2.20. The molecule has 120 valence electrons. The van der Waals surface area contributed by atoms with Crippen LogP contribution in [0.25, 0.3) is 11.0 Å². The minimum absolute atomic E-state index is 0.0320. The first kappa shape index (κ1) is 14.5. The van der Waals surface area contributed by atoms with Gasteiger partial charge in [0.2, 0.25) is 0 Å². The average Bonchev–Trinajstić information content (AvgIpc) is 2.82. The van der Waals surface area contributed by atoms with Gasteiger partial charge in [0.15, 0.2) is 0 Å². The standard InChI is InChI=1S/C17H20N4O2/c1-20-7-12-8-21(9-13(20)11-23-10-12)17(22)16-6-18-14-4-2-3-5-15(14)19-16/h2-6,12-13H,7-11H2,1H3/t12-,13+/m1/s1. The molecule has 2 saturated heterocycles. The SMILES string of the molecule is CN1C[C@H]2COC[C@@H]1CN(C(=O)c1cnc3ccccc3n1)C2. The Labute approximate surface area is 135 Å². The Bertz CT molecular complexity index is 735. The summed E-state index contributed by atoms with van der Waals surface area (Å²) in [7, 11) is 2.11. The molecular weight excluding hydrogens is 292 g/mol. The number of rotatable bonds is 1. The molecule has 2 atom stereocenters. The maximum absolute atomic E-state index is 12.9. The van der Waals surface area contributed by atoms with Crippen molar-refractivity contribution in [2.45, 2.75) is 6.04 Å². The van der Waals surface area contributed by atoms with E-state index in [1.807, 2.05) is 29.2 Å². The molecule has 1 aromatic carbocycles. The van der Waals surface area contributed by atoms with Crippen molar-refractivity contribution in [3.63, 3.8) is 0 Å². The zero-order valence-electron chi connectivity index (χ0n) is 13.2. The Hall–Kier alpha value is -2.05. The van der Waals surface area contributed by atoms with Crippen LogP contribution in [-0.2, 0) is 4.74 Å². The van der Waals surface area contributed by atoms with E-state index >= 15 is 0 Å². The Morgan fingerprint density at radius 2 is 2.00 bits per heavy atom. The van der Waals surface area contributed by atoms with Crippen LogP contribution in [0.5, 0.6) is 0 Å². The summed E-state index contributed by atoms with van der Waals surface area (Å²) in [5, 5.41) is 0. The van der Waals surface area contributed by atoms with Gasteiger partial charge in [0, 0.05) is 25.6 Å². The largest absolute Gasteiger partial charge is 0.379 e. The van der Waals surface area contributed by atoms with Crippen LogP contribution in [0.1, 0.15) is 10.5 Å². The van der Waals surface area contributed by atoms with E-state index in [0.29, 0.717) is 37.9 Å². The number of carbonyl (C=O) groups is 1. The molecule has 0 saturated carbocycles. The number of hydrogen-bond acceptors (Lipinski definition) is 5. The molecule has 0 spiro atoms. The molecule has 3 heterocycles. The minimum Gasteiger partial charge on any atom is -0.379 e. The van der Waals surface area contributed by atoms with Crippen molar-refractivity contribution < 1.29 is 9.53 Å². The summed E-state index contributed by atoms with van der Waals surface area (Å²) in [6.07, 6.45) is 1.59. The summed E-state index contributed by atoms with van der Waals surface area (Å²) in [5.74, 6) is 0.320. The van der Waals surface area contributed by atoms with Gasteiger partial charge in [-0.1, -0.05) is 12.1 Å². The summed E-state index contributed by atoms with van der Waals surface area (Å²) in [4.78, 5) is 26.0. The predicted octanol–water partition coefficient (Wildman–Crippen LogP) is 1.03. The van der Waals surface area contributed by atoms with E-state index in [9.17, 15) is 4.79 Å². The first-order valence-electron chi connectivity index (χ1n) is 8.00. The van der Waals surface area contributed by atoms with Crippen molar-refractivity contribution in [2.75, 3.05) is 39.9 Å². The molecule has 2 bridgehead atoms. The molecule has 0 N–H and O–H groups in total. The highest BCUT2D eigenvalue weighted by atomic mass is 16.5. The van der Waals surface area contributed by atoms with Gasteiger partial charge in [-0.3, -0.25) is 14.7 Å². The molecule has 0 aliphatic carbocycles. The van der Waals surface area contributed by atoms with Gasteiger partial charge in [-0.2, -0.15) is 0 Å². The zero-order chi connectivity index (χ0) is 15.8. The molecule has 2 aliphatic heterocycles. The van der Waals surface area contributed by atoms with E-state index < -0.39 is 0 Å². The minimum atomic E-state index is -0.0320. The summed E-state index contributed by atoms with van der Waals surface area (Å²) < 4.78 is 5.72. The summed E-state index contributed by atoms with van der Waals surface area (Å²) in [6, 6.07) is 7.87. The number of carbonyl (C=O) groups excluding carboxylic acids is 1. The van der Waals surface area contributed by atoms with Crippen LogP contribution in [0.4, 0.5) is 0 Å². The quantitative estimate of drug-likeness (QED) is 0.787. The lowest BCUT2D eigenvalue weighted by atomic mass is 10.1. The van der Waals surface area contributed by atoms with Crippen molar-refractivity contribution in [2.24, 2.45) is 5.92 Å². The monoisotopic (exact) mass is 312 g/mol. The maximum atomic E-state index is 12.9. The molecule has 2 aromatic rings. The van der Waals surface area contributed by atoms with E-state index in [-0.39, 0.29) is 11.9 Å². The lowest BCUT2D eigenvalue weighted by molar-refractivity contribution is 0.0430.